The number of aromatic nitrogens is 1. The quantitative estimate of drug-likeness (QED) is 0.283. The van der Waals surface area contributed by atoms with Crippen LogP contribution in [-0.4, -0.2) is 15.8 Å². The average molecular weight is 438 g/mol. The molecule has 6 nitrogen and oxygen atoms in total. The molecule has 30 heavy (non-hydrogen) atoms. The maximum absolute atomic E-state index is 13.4. The van der Waals surface area contributed by atoms with Crippen molar-refractivity contribution in [2.24, 2.45) is 0 Å². The number of fused-ring (bicyclic) bond motifs is 1. The van der Waals surface area contributed by atoms with Gasteiger partial charge in [-0.05, 0) is 42.3 Å². The van der Waals surface area contributed by atoms with Gasteiger partial charge in [-0.25, -0.2) is 4.98 Å². The third kappa shape index (κ3) is 4.03. The Kier molecular flexibility index (Phi) is 5.48. The second-order valence-electron chi connectivity index (χ2n) is 6.75. The Balaban J connectivity index is 1.77. The number of carbonyl (C=O) groups is 1. The third-order valence-corrected chi connectivity index (χ3v) is 5.87. The molecular weight excluding hydrogens is 422 g/mol. The number of hydrogen-bond acceptors (Lipinski definition) is 5. The number of nitro benzene ring substituents is 1. The number of non-ortho nitro benzene ring substituents is 1. The highest BCUT2D eigenvalue weighted by Crippen LogP contribution is 2.34. The molecule has 0 atom stereocenters. The highest BCUT2D eigenvalue weighted by molar-refractivity contribution is 7.22. The lowest BCUT2D eigenvalue weighted by atomic mass is 10.1. The van der Waals surface area contributed by atoms with Gasteiger partial charge in [-0.15, -0.1) is 0 Å². The number of thiazole rings is 1. The lowest BCUT2D eigenvalue weighted by molar-refractivity contribution is -0.384. The zero-order valence-electron chi connectivity index (χ0n) is 15.9. The van der Waals surface area contributed by atoms with Gasteiger partial charge in [0.2, 0.25) is 0 Å². The van der Waals surface area contributed by atoms with Gasteiger partial charge in [0.05, 0.1) is 21.7 Å². The number of hydrogen-bond donors (Lipinski definition) is 0. The molecule has 1 heterocycles. The number of anilines is 1. The monoisotopic (exact) mass is 437 g/mol. The SMILES string of the molecule is Cc1cc(Cl)cc2sc(N(Cc3ccccc3)C(=O)c3ccc([N+](=O)[O-])cc3)nc12. The Bertz CT molecular complexity index is 1240. The van der Waals surface area contributed by atoms with E-state index in [1.807, 2.05) is 49.4 Å². The van der Waals surface area contributed by atoms with Crippen molar-refractivity contribution in [3.8, 4) is 0 Å². The van der Waals surface area contributed by atoms with Gasteiger partial charge in [0.15, 0.2) is 5.13 Å². The molecule has 0 radical (unpaired) electrons. The Morgan fingerprint density at radius 1 is 1.13 bits per heavy atom. The van der Waals surface area contributed by atoms with Crippen LogP contribution in [-0.2, 0) is 6.54 Å². The Morgan fingerprint density at radius 2 is 1.83 bits per heavy atom. The maximum atomic E-state index is 13.4. The minimum absolute atomic E-state index is 0.0635. The van der Waals surface area contributed by atoms with Gasteiger partial charge >= 0.3 is 0 Å². The van der Waals surface area contributed by atoms with Gasteiger partial charge in [0, 0.05) is 22.7 Å². The molecule has 4 aromatic rings. The second kappa shape index (κ2) is 8.22. The zero-order chi connectivity index (χ0) is 21.3. The van der Waals surface area contributed by atoms with Crippen LogP contribution in [0.3, 0.4) is 0 Å². The standard InChI is InChI=1S/C22H16ClN3O3S/c1-14-11-17(23)12-19-20(14)24-22(30-19)25(13-15-5-3-2-4-6-15)21(27)16-7-9-18(10-8-16)26(28)29/h2-12H,13H2,1H3. The van der Waals surface area contributed by atoms with Crippen LogP contribution in [0.15, 0.2) is 66.7 Å². The first kappa shape index (κ1) is 20.0. The Morgan fingerprint density at radius 3 is 2.50 bits per heavy atom. The fraction of sp³-hybridized carbons (Fsp3) is 0.0909. The van der Waals surface area contributed by atoms with Crippen molar-refractivity contribution in [1.29, 1.82) is 0 Å². The summed E-state index contributed by atoms with van der Waals surface area (Å²) in [5.41, 5.74) is 2.97. The second-order valence-corrected chi connectivity index (χ2v) is 8.19. The molecule has 0 aliphatic rings. The third-order valence-electron chi connectivity index (χ3n) is 4.62. The molecular formula is C22H16ClN3O3S. The van der Waals surface area contributed by atoms with Crippen molar-refractivity contribution in [2.75, 3.05) is 4.90 Å². The molecule has 0 fully saturated rings. The van der Waals surface area contributed by atoms with Gasteiger partial charge in [-0.1, -0.05) is 53.3 Å². The largest absolute Gasteiger partial charge is 0.279 e. The van der Waals surface area contributed by atoms with Gasteiger partial charge in [-0.2, -0.15) is 0 Å². The summed E-state index contributed by atoms with van der Waals surface area (Å²) in [7, 11) is 0. The summed E-state index contributed by atoms with van der Waals surface area (Å²) in [6.45, 7) is 2.25. The molecule has 4 rings (SSSR count). The van der Waals surface area contributed by atoms with Gasteiger partial charge in [0.25, 0.3) is 11.6 Å². The van der Waals surface area contributed by atoms with Crippen molar-refractivity contribution >= 4 is 49.9 Å². The maximum Gasteiger partial charge on any atom is 0.269 e. The summed E-state index contributed by atoms with van der Waals surface area (Å²) in [6.07, 6.45) is 0. The average Bonchev–Trinajstić information content (AvgIpc) is 3.16. The molecule has 0 saturated carbocycles. The first-order chi connectivity index (χ1) is 14.4. The molecule has 0 aliphatic heterocycles. The molecule has 0 unspecified atom stereocenters. The number of nitrogens with zero attached hydrogens (tertiary/aromatic N) is 3. The van der Waals surface area contributed by atoms with Crippen LogP contribution in [0.1, 0.15) is 21.5 Å². The van der Waals surface area contributed by atoms with E-state index in [0.29, 0.717) is 22.3 Å². The Hall–Kier alpha value is -3.29. The highest BCUT2D eigenvalue weighted by Gasteiger charge is 2.23. The number of carbonyl (C=O) groups excluding carboxylic acids is 1. The van der Waals surface area contributed by atoms with Crippen molar-refractivity contribution in [3.63, 3.8) is 0 Å². The molecule has 0 spiro atoms. The summed E-state index contributed by atoms with van der Waals surface area (Å²) in [5, 5.41) is 12.1. The van der Waals surface area contributed by atoms with Crippen LogP contribution >= 0.6 is 22.9 Å². The van der Waals surface area contributed by atoms with Crippen molar-refractivity contribution < 1.29 is 9.72 Å². The van der Waals surface area contributed by atoms with E-state index in [2.05, 4.69) is 0 Å². The molecule has 8 heteroatoms. The van der Waals surface area contributed by atoms with Crippen LogP contribution in [0.25, 0.3) is 10.2 Å². The van der Waals surface area contributed by atoms with E-state index >= 15 is 0 Å². The summed E-state index contributed by atoms with van der Waals surface area (Å²) >= 11 is 7.57. The lowest BCUT2D eigenvalue weighted by Crippen LogP contribution is -2.30. The van der Waals surface area contributed by atoms with Gasteiger partial charge < -0.3 is 0 Å². The van der Waals surface area contributed by atoms with E-state index in [-0.39, 0.29) is 11.6 Å². The van der Waals surface area contributed by atoms with Crippen LogP contribution in [0.5, 0.6) is 0 Å². The van der Waals surface area contributed by atoms with Crippen LogP contribution < -0.4 is 4.90 Å². The summed E-state index contributed by atoms with van der Waals surface area (Å²) < 4.78 is 0.893. The van der Waals surface area contributed by atoms with Gasteiger partial charge in [0.1, 0.15) is 0 Å². The van der Waals surface area contributed by atoms with Crippen molar-refractivity contribution in [2.45, 2.75) is 13.5 Å². The normalized spacial score (nSPS) is 10.9. The fourth-order valence-electron chi connectivity index (χ4n) is 3.13. The van der Waals surface area contributed by atoms with E-state index in [1.165, 1.54) is 35.6 Å². The van der Waals surface area contributed by atoms with Crippen molar-refractivity contribution in [1.82, 2.24) is 4.98 Å². The molecule has 150 valence electrons. The number of halogens is 1. The molecule has 0 bridgehead atoms. The topological polar surface area (TPSA) is 76.3 Å². The van der Waals surface area contributed by atoms with Crippen molar-refractivity contribution in [3.05, 3.63) is 98.6 Å². The zero-order valence-corrected chi connectivity index (χ0v) is 17.5. The lowest BCUT2D eigenvalue weighted by Gasteiger charge is -2.20. The van der Waals surface area contributed by atoms with E-state index in [1.54, 1.807) is 4.90 Å². The number of nitro groups is 1. The number of benzene rings is 3. The minimum Gasteiger partial charge on any atom is -0.279 e. The predicted molar refractivity (Wildman–Crippen MR) is 119 cm³/mol. The summed E-state index contributed by atoms with van der Waals surface area (Å²) in [6, 6.07) is 18.9. The first-order valence-electron chi connectivity index (χ1n) is 9.09. The first-order valence-corrected chi connectivity index (χ1v) is 10.3. The van der Waals surface area contributed by atoms with Crippen LogP contribution in [0.2, 0.25) is 5.02 Å². The van der Waals surface area contributed by atoms with E-state index in [0.717, 1.165) is 21.3 Å². The molecule has 1 amide bonds. The van der Waals surface area contributed by atoms with E-state index in [4.69, 9.17) is 16.6 Å². The minimum atomic E-state index is -0.490. The molecule has 3 aromatic carbocycles. The van der Waals surface area contributed by atoms with Crippen LogP contribution in [0.4, 0.5) is 10.8 Å². The molecule has 1 aromatic heterocycles. The molecule has 0 aliphatic carbocycles. The molecule has 0 saturated heterocycles. The van der Waals surface area contributed by atoms with E-state index in [9.17, 15) is 14.9 Å². The van der Waals surface area contributed by atoms with Crippen LogP contribution in [0, 0.1) is 17.0 Å². The summed E-state index contributed by atoms with van der Waals surface area (Å²) in [5.74, 6) is -0.281. The highest BCUT2D eigenvalue weighted by atomic mass is 35.5. The fourth-order valence-corrected chi connectivity index (χ4v) is 4.55. The Labute approximate surface area is 181 Å². The summed E-state index contributed by atoms with van der Waals surface area (Å²) in [4.78, 5) is 30.1. The molecule has 0 N–H and O–H groups in total. The number of rotatable bonds is 5. The number of amides is 1. The number of aryl methyl sites for hydroxylation is 1. The van der Waals surface area contributed by atoms with E-state index < -0.39 is 4.92 Å². The predicted octanol–water partition coefficient (Wildman–Crippen LogP) is 6.01. The van der Waals surface area contributed by atoms with Gasteiger partial charge in [-0.3, -0.25) is 19.8 Å². The smallest absolute Gasteiger partial charge is 0.269 e.